The summed E-state index contributed by atoms with van der Waals surface area (Å²) in [5, 5.41) is 0. The first-order valence-electron chi connectivity index (χ1n) is 10.4. The zero-order valence-corrected chi connectivity index (χ0v) is 15.9. The van der Waals surface area contributed by atoms with Crippen LogP contribution in [0.5, 0.6) is 0 Å². The molecule has 3 fully saturated rings. The lowest BCUT2D eigenvalue weighted by Crippen LogP contribution is -2.11. The van der Waals surface area contributed by atoms with Crippen LogP contribution in [0.4, 0.5) is 0 Å². The molecule has 0 aromatic rings. The highest BCUT2D eigenvalue weighted by Gasteiger charge is 2.74. The zero-order valence-electron chi connectivity index (χ0n) is 15.9. The molecule has 0 heteroatoms. The highest BCUT2D eigenvalue weighted by molar-refractivity contribution is 5.22. The van der Waals surface area contributed by atoms with Gasteiger partial charge in [-0.15, -0.1) is 0 Å². The highest BCUT2D eigenvalue weighted by atomic mass is 14.8. The van der Waals surface area contributed by atoms with Gasteiger partial charge in [-0.25, -0.2) is 0 Å². The first kappa shape index (κ1) is 16.8. The molecule has 22 heavy (non-hydrogen) atoms. The second-order valence-electron chi connectivity index (χ2n) is 10.2. The van der Waals surface area contributed by atoms with Gasteiger partial charge in [0.15, 0.2) is 0 Å². The molecule has 128 valence electrons. The number of hydrogen-bond acceptors (Lipinski definition) is 0. The predicted molar refractivity (Wildman–Crippen MR) is 97.1 cm³/mol. The van der Waals surface area contributed by atoms with Crippen molar-refractivity contribution in [2.75, 3.05) is 0 Å². The van der Waals surface area contributed by atoms with E-state index in [1.54, 1.807) is 25.7 Å². The second kappa shape index (κ2) is 5.82. The Morgan fingerprint density at radius 2 is 0.773 bits per heavy atom. The smallest absolute Gasteiger partial charge is 0.0184 e. The van der Waals surface area contributed by atoms with Crippen molar-refractivity contribution in [1.82, 2.24) is 0 Å². The maximum absolute atomic E-state index is 2.55. The summed E-state index contributed by atoms with van der Waals surface area (Å²) in [4.78, 5) is 0. The molecule has 0 radical (unpaired) electrons. The van der Waals surface area contributed by atoms with E-state index in [9.17, 15) is 0 Å². The van der Waals surface area contributed by atoms with Gasteiger partial charge in [-0.05, 0) is 60.2 Å². The molecule has 0 aromatic heterocycles. The van der Waals surface area contributed by atoms with Gasteiger partial charge < -0.3 is 0 Å². The SMILES string of the molecule is CC1(C)C(C)(C)C12CCCCCCC1(CCCCCC2)CC1. The Morgan fingerprint density at radius 3 is 1.09 bits per heavy atom. The molecule has 0 N–H and O–H groups in total. The maximum atomic E-state index is 2.55. The van der Waals surface area contributed by atoms with E-state index in [1.807, 2.05) is 0 Å². The summed E-state index contributed by atoms with van der Waals surface area (Å²) in [6, 6.07) is 0. The Bertz CT molecular complexity index is 349. The molecule has 0 unspecified atom stereocenters. The lowest BCUT2D eigenvalue weighted by Gasteiger charge is -2.23. The third-order valence-electron chi connectivity index (χ3n) is 8.97. The number of rotatable bonds is 0. The van der Waals surface area contributed by atoms with Crippen molar-refractivity contribution in [3.05, 3.63) is 0 Å². The minimum absolute atomic E-state index is 0.565. The molecule has 3 saturated carbocycles. The summed E-state index contributed by atoms with van der Waals surface area (Å²) < 4.78 is 0. The van der Waals surface area contributed by atoms with Gasteiger partial charge in [-0.2, -0.15) is 0 Å². The van der Waals surface area contributed by atoms with Crippen LogP contribution >= 0.6 is 0 Å². The molecule has 3 aliphatic carbocycles. The minimum Gasteiger partial charge on any atom is -0.0588 e. The lowest BCUT2D eigenvalue weighted by molar-refractivity contribution is 0.280. The molecule has 0 saturated heterocycles. The van der Waals surface area contributed by atoms with Crippen molar-refractivity contribution >= 4 is 0 Å². The summed E-state index contributed by atoms with van der Waals surface area (Å²) >= 11 is 0. The van der Waals surface area contributed by atoms with Gasteiger partial charge in [-0.3, -0.25) is 0 Å². The van der Waals surface area contributed by atoms with E-state index >= 15 is 0 Å². The molecular formula is C22H40. The van der Waals surface area contributed by atoms with Crippen molar-refractivity contribution in [3.63, 3.8) is 0 Å². The average molecular weight is 305 g/mol. The molecular weight excluding hydrogens is 264 g/mol. The minimum atomic E-state index is 0.565. The number of hydrogen-bond donors (Lipinski definition) is 0. The molecule has 0 aromatic carbocycles. The van der Waals surface area contributed by atoms with Crippen LogP contribution in [-0.2, 0) is 0 Å². The maximum Gasteiger partial charge on any atom is -0.0184 e. The predicted octanol–water partition coefficient (Wildman–Crippen LogP) is 7.51. The zero-order chi connectivity index (χ0) is 15.9. The topological polar surface area (TPSA) is 0 Å². The van der Waals surface area contributed by atoms with Crippen LogP contribution in [0.2, 0.25) is 0 Å². The fraction of sp³-hybridized carbons (Fsp3) is 1.00. The normalized spacial score (nSPS) is 33.3. The third-order valence-corrected chi connectivity index (χ3v) is 8.97. The molecule has 0 atom stereocenters. The molecule has 0 aliphatic heterocycles. The first-order chi connectivity index (χ1) is 10.4. The van der Waals surface area contributed by atoms with Crippen LogP contribution in [0.3, 0.4) is 0 Å². The van der Waals surface area contributed by atoms with Gasteiger partial charge in [0.2, 0.25) is 0 Å². The Labute approximate surface area is 139 Å². The van der Waals surface area contributed by atoms with E-state index in [0.29, 0.717) is 16.2 Å². The largest absolute Gasteiger partial charge is 0.0588 e. The quantitative estimate of drug-likeness (QED) is 0.434. The molecule has 0 bridgehead atoms. The molecule has 3 aliphatic rings. The van der Waals surface area contributed by atoms with Crippen LogP contribution in [0.1, 0.15) is 118 Å². The Morgan fingerprint density at radius 1 is 0.409 bits per heavy atom. The van der Waals surface area contributed by atoms with Crippen molar-refractivity contribution in [1.29, 1.82) is 0 Å². The summed E-state index contributed by atoms with van der Waals surface area (Å²) in [7, 11) is 0. The molecule has 0 nitrogen and oxygen atoms in total. The van der Waals surface area contributed by atoms with Crippen LogP contribution in [-0.4, -0.2) is 0 Å². The van der Waals surface area contributed by atoms with Gasteiger partial charge in [0.1, 0.15) is 0 Å². The summed E-state index contributed by atoms with van der Waals surface area (Å²) in [6.45, 7) is 10.2. The third kappa shape index (κ3) is 2.67. The van der Waals surface area contributed by atoms with Crippen molar-refractivity contribution < 1.29 is 0 Å². The van der Waals surface area contributed by atoms with E-state index in [4.69, 9.17) is 0 Å². The van der Waals surface area contributed by atoms with E-state index in [1.165, 1.54) is 64.2 Å². The molecule has 3 rings (SSSR count). The van der Waals surface area contributed by atoms with E-state index < -0.39 is 0 Å². The van der Waals surface area contributed by atoms with E-state index in [-0.39, 0.29) is 0 Å². The summed E-state index contributed by atoms with van der Waals surface area (Å²) in [5.74, 6) is 0. The standard InChI is InChI=1S/C22H40/c1-19(2)20(3,4)22(19)15-11-7-5-9-13-21(17-18-21)14-10-6-8-12-16-22/h5-18H2,1-4H3. The summed E-state index contributed by atoms with van der Waals surface area (Å²) in [5.41, 5.74) is 2.62. The summed E-state index contributed by atoms with van der Waals surface area (Å²) in [6.07, 6.45) is 21.2. The first-order valence-corrected chi connectivity index (χ1v) is 10.4. The van der Waals surface area contributed by atoms with Crippen LogP contribution < -0.4 is 0 Å². The van der Waals surface area contributed by atoms with Crippen LogP contribution in [0.15, 0.2) is 0 Å². The Balaban J connectivity index is 1.57. The Kier molecular flexibility index (Phi) is 4.45. The lowest BCUT2D eigenvalue weighted by atomic mass is 9.82. The Hall–Kier alpha value is 0. The fourth-order valence-corrected chi connectivity index (χ4v) is 6.28. The van der Waals surface area contributed by atoms with Gasteiger partial charge in [-0.1, -0.05) is 79.1 Å². The van der Waals surface area contributed by atoms with Crippen molar-refractivity contribution in [2.45, 2.75) is 118 Å². The van der Waals surface area contributed by atoms with Gasteiger partial charge in [0, 0.05) is 0 Å². The van der Waals surface area contributed by atoms with E-state index in [0.717, 1.165) is 5.41 Å². The molecule has 0 amide bonds. The van der Waals surface area contributed by atoms with Gasteiger partial charge in [0.05, 0.1) is 0 Å². The van der Waals surface area contributed by atoms with Gasteiger partial charge in [0.25, 0.3) is 0 Å². The molecule has 2 spiro atoms. The van der Waals surface area contributed by atoms with E-state index in [2.05, 4.69) is 27.7 Å². The monoisotopic (exact) mass is 304 g/mol. The fourth-order valence-electron chi connectivity index (χ4n) is 6.28. The highest BCUT2D eigenvalue weighted by Crippen LogP contribution is 2.81. The second-order valence-corrected chi connectivity index (χ2v) is 10.2. The average Bonchev–Trinajstić information content (AvgIpc) is 3.29. The van der Waals surface area contributed by atoms with Crippen molar-refractivity contribution in [2.24, 2.45) is 21.7 Å². The van der Waals surface area contributed by atoms with Crippen LogP contribution in [0.25, 0.3) is 0 Å². The van der Waals surface area contributed by atoms with Crippen LogP contribution in [0, 0.1) is 21.7 Å². The van der Waals surface area contributed by atoms with Crippen molar-refractivity contribution in [3.8, 4) is 0 Å². The van der Waals surface area contributed by atoms with Gasteiger partial charge >= 0.3 is 0 Å². The molecule has 0 heterocycles.